The van der Waals surface area contributed by atoms with Crippen molar-refractivity contribution < 1.29 is 14.1 Å². The Labute approximate surface area is 136 Å². The highest BCUT2D eigenvalue weighted by Crippen LogP contribution is 2.16. The van der Waals surface area contributed by atoms with Crippen LogP contribution in [0, 0.1) is 6.92 Å². The van der Waals surface area contributed by atoms with Crippen molar-refractivity contribution in [2.24, 2.45) is 0 Å². The Morgan fingerprint density at radius 2 is 1.87 bits per heavy atom. The summed E-state index contributed by atoms with van der Waals surface area (Å²) < 4.78 is 4.94. The second-order valence-corrected chi connectivity index (χ2v) is 6.41. The highest BCUT2D eigenvalue weighted by atomic mass is 16.5. The first-order valence-corrected chi connectivity index (χ1v) is 8.41. The van der Waals surface area contributed by atoms with Crippen LogP contribution in [0.5, 0.6) is 0 Å². The lowest BCUT2D eigenvalue weighted by atomic mass is 10.1. The summed E-state index contributed by atoms with van der Waals surface area (Å²) in [5.41, 5.74) is 0.296. The van der Waals surface area contributed by atoms with Crippen molar-refractivity contribution in [2.75, 3.05) is 26.2 Å². The van der Waals surface area contributed by atoms with E-state index in [2.05, 4.69) is 10.5 Å². The molecule has 3 heterocycles. The van der Waals surface area contributed by atoms with Crippen molar-refractivity contribution in [1.29, 1.82) is 0 Å². The van der Waals surface area contributed by atoms with E-state index in [0.29, 0.717) is 18.0 Å². The third-order valence-electron chi connectivity index (χ3n) is 4.51. The van der Waals surface area contributed by atoms with Crippen LogP contribution in [0.1, 0.15) is 48.4 Å². The molecule has 7 heteroatoms. The van der Waals surface area contributed by atoms with Gasteiger partial charge in [0.2, 0.25) is 0 Å². The average Bonchev–Trinajstić information content (AvgIpc) is 3.16. The van der Waals surface area contributed by atoms with Crippen LogP contribution in [0.4, 0.5) is 4.79 Å². The van der Waals surface area contributed by atoms with Gasteiger partial charge in [-0.3, -0.25) is 4.79 Å². The molecular formula is C16H24N4O3. The van der Waals surface area contributed by atoms with Gasteiger partial charge in [0, 0.05) is 38.3 Å². The van der Waals surface area contributed by atoms with Crippen LogP contribution in [0.3, 0.4) is 0 Å². The molecule has 0 radical (unpaired) electrons. The Balaban J connectivity index is 1.60. The summed E-state index contributed by atoms with van der Waals surface area (Å²) >= 11 is 0. The number of nitrogens with one attached hydrogen (secondary N) is 1. The molecule has 23 heavy (non-hydrogen) atoms. The van der Waals surface area contributed by atoms with E-state index in [0.717, 1.165) is 51.7 Å². The average molecular weight is 320 g/mol. The summed E-state index contributed by atoms with van der Waals surface area (Å²) in [5, 5.41) is 6.74. The number of aryl methyl sites for hydroxylation is 1. The van der Waals surface area contributed by atoms with E-state index < -0.39 is 0 Å². The normalized spacial score (nSPS) is 22.0. The van der Waals surface area contributed by atoms with Gasteiger partial charge in [-0.05, 0) is 39.0 Å². The molecule has 0 saturated carbocycles. The van der Waals surface area contributed by atoms with E-state index >= 15 is 0 Å². The number of carbonyl (C=O) groups is 2. The van der Waals surface area contributed by atoms with Gasteiger partial charge in [0.15, 0.2) is 5.69 Å². The standard InChI is InChI=1S/C16H24N4O3/c1-12-10-14(18-23-12)15(21)17-13-6-2-3-9-20(11-13)16(22)19-7-4-5-8-19/h10,13H,2-9,11H2,1H3,(H,17,21). The number of aromatic nitrogens is 1. The van der Waals surface area contributed by atoms with Gasteiger partial charge in [-0.15, -0.1) is 0 Å². The number of carbonyl (C=O) groups excluding carboxylic acids is 2. The molecule has 1 atom stereocenters. The quantitative estimate of drug-likeness (QED) is 0.901. The first-order chi connectivity index (χ1) is 11.1. The molecule has 1 aromatic rings. The summed E-state index contributed by atoms with van der Waals surface area (Å²) in [4.78, 5) is 28.6. The first-order valence-electron chi connectivity index (χ1n) is 8.41. The summed E-state index contributed by atoms with van der Waals surface area (Å²) in [6, 6.07) is 1.70. The Bertz CT molecular complexity index is 565. The molecule has 0 bridgehead atoms. The first kappa shape index (κ1) is 15.8. The van der Waals surface area contributed by atoms with Crippen LogP contribution in [0.2, 0.25) is 0 Å². The summed E-state index contributed by atoms with van der Waals surface area (Å²) in [7, 11) is 0. The minimum atomic E-state index is -0.234. The maximum atomic E-state index is 12.6. The number of hydrogen-bond donors (Lipinski definition) is 1. The molecule has 0 aliphatic carbocycles. The maximum absolute atomic E-state index is 12.6. The summed E-state index contributed by atoms with van der Waals surface area (Å²) in [6.07, 6.45) is 5.05. The molecule has 1 unspecified atom stereocenters. The SMILES string of the molecule is Cc1cc(C(=O)NC2CCCCN(C(=O)N3CCCC3)C2)no1. The molecule has 0 spiro atoms. The monoisotopic (exact) mass is 320 g/mol. The van der Waals surface area contributed by atoms with Crippen LogP contribution in [-0.4, -0.2) is 59.1 Å². The van der Waals surface area contributed by atoms with Gasteiger partial charge in [0.05, 0.1) is 0 Å². The van der Waals surface area contributed by atoms with Gasteiger partial charge in [0.25, 0.3) is 5.91 Å². The zero-order valence-electron chi connectivity index (χ0n) is 13.6. The Morgan fingerprint density at radius 3 is 2.57 bits per heavy atom. The zero-order valence-corrected chi connectivity index (χ0v) is 13.6. The lowest BCUT2D eigenvalue weighted by molar-refractivity contribution is 0.0915. The number of urea groups is 1. The van der Waals surface area contributed by atoms with Crippen LogP contribution >= 0.6 is 0 Å². The topological polar surface area (TPSA) is 78.7 Å². The summed E-state index contributed by atoms with van der Waals surface area (Å²) in [6.45, 7) is 4.80. The number of nitrogens with zero attached hydrogens (tertiary/aromatic N) is 3. The predicted octanol–water partition coefficient (Wildman–Crippen LogP) is 1.78. The molecule has 126 valence electrons. The third kappa shape index (κ3) is 3.83. The van der Waals surface area contributed by atoms with Crippen molar-refractivity contribution in [2.45, 2.75) is 45.1 Å². The maximum Gasteiger partial charge on any atom is 0.320 e. The van der Waals surface area contributed by atoms with E-state index in [1.54, 1.807) is 13.0 Å². The Hall–Kier alpha value is -2.05. The van der Waals surface area contributed by atoms with Crippen molar-refractivity contribution in [3.63, 3.8) is 0 Å². The van der Waals surface area contributed by atoms with E-state index in [1.807, 2.05) is 9.80 Å². The minimum Gasteiger partial charge on any atom is -0.361 e. The molecule has 3 rings (SSSR count). The van der Waals surface area contributed by atoms with E-state index in [-0.39, 0.29) is 18.0 Å². The number of rotatable bonds is 2. The van der Waals surface area contributed by atoms with Gasteiger partial charge in [-0.2, -0.15) is 0 Å². The third-order valence-corrected chi connectivity index (χ3v) is 4.51. The molecule has 7 nitrogen and oxygen atoms in total. The lowest BCUT2D eigenvalue weighted by Crippen LogP contribution is -2.48. The molecule has 2 aliphatic rings. The highest BCUT2D eigenvalue weighted by Gasteiger charge is 2.28. The second kappa shape index (κ2) is 7.02. The van der Waals surface area contributed by atoms with Gasteiger partial charge >= 0.3 is 6.03 Å². The highest BCUT2D eigenvalue weighted by molar-refractivity contribution is 5.92. The van der Waals surface area contributed by atoms with Gasteiger partial charge in [0.1, 0.15) is 5.76 Å². The summed E-state index contributed by atoms with van der Waals surface area (Å²) in [5.74, 6) is 0.379. The van der Waals surface area contributed by atoms with Crippen molar-refractivity contribution in [1.82, 2.24) is 20.3 Å². The smallest absolute Gasteiger partial charge is 0.320 e. The fourth-order valence-electron chi connectivity index (χ4n) is 3.27. The fraction of sp³-hybridized carbons (Fsp3) is 0.688. The van der Waals surface area contributed by atoms with Crippen molar-refractivity contribution in [3.05, 3.63) is 17.5 Å². The van der Waals surface area contributed by atoms with Crippen molar-refractivity contribution >= 4 is 11.9 Å². The van der Waals surface area contributed by atoms with Crippen LogP contribution < -0.4 is 5.32 Å². The van der Waals surface area contributed by atoms with Crippen molar-refractivity contribution in [3.8, 4) is 0 Å². The minimum absolute atomic E-state index is 0.0337. The van der Waals surface area contributed by atoms with Gasteiger partial charge < -0.3 is 19.6 Å². The number of hydrogen-bond acceptors (Lipinski definition) is 4. The number of likely N-dealkylation sites (tertiary alicyclic amines) is 2. The zero-order chi connectivity index (χ0) is 16.2. The molecule has 1 aromatic heterocycles. The molecular weight excluding hydrogens is 296 g/mol. The molecule has 2 saturated heterocycles. The molecule has 2 fully saturated rings. The molecule has 3 amide bonds. The van der Waals surface area contributed by atoms with Crippen LogP contribution in [-0.2, 0) is 0 Å². The van der Waals surface area contributed by atoms with Crippen LogP contribution in [0.25, 0.3) is 0 Å². The van der Waals surface area contributed by atoms with E-state index in [9.17, 15) is 9.59 Å². The Morgan fingerprint density at radius 1 is 1.17 bits per heavy atom. The predicted molar refractivity (Wildman–Crippen MR) is 84.1 cm³/mol. The Kier molecular flexibility index (Phi) is 4.83. The largest absolute Gasteiger partial charge is 0.361 e. The lowest BCUT2D eigenvalue weighted by Gasteiger charge is -2.29. The van der Waals surface area contributed by atoms with Gasteiger partial charge in [-0.1, -0.05) is 5.16 Å². The number of amides is 3. The van der Waals surface area contributed by atoms with E-state index in [1.165, 1.54) is 0 Å². The van der Waals surface area contributed by atoms with Gasteiger partial charge in [-0.25, -0.2) is 4.79 Å². The fourth-order valence-corrected chi connectivity index (χ4v) is 3.27. The molecule has 1 N–H and O–H groups in total. The van der Waals surface area contributed by atoms with Crippen LogP contribution in [0.15, 0.2) is 10.6 Å². The second-order valence-electron chi connectivity index (χ2n) is 6.41. The molecule has 0 aromatic carbocycles. The van der Waals surface area contributed by atoms with E-state index in [4.69, 9.17) is 4.52 Å². The molecule has 2 aliphatic heterocycles.